The van der Waals surface area contributed by atoms with Crippen molar-refractivity contribution in [3.05, 3.63) is 39.5 Å². The summed E-state index contributed by atoms with van der Waals surface area (Å²) in [5.41, 5.74) is 13.5. The molecular weight excluding hydrogens is 242 g/mol. The van der Waals surface area contributed by atoms with Crippen molar-refractivity contribution in [2.24, 2.45) is 0 Å². The zero-order valence-electron chi connectivity index (χ0n) is 8.53. The molecular formula is C11H12ClN3S. The van der Waals surface area contributed by atoms with Crippen LogP contribution in [-0.4, -0.2) is 0 Å². The number of anilines is 3. The number of halogens is 1. The van der Waals surface area contributed by atoms with Crippen LogP contribution in [0.5, 0.6) is 0 Å². The van der Waals surface area contributed by atoms with E-state index in [2.05, 4.69) is 5.32 Å². The van der Waals surface area contributed by atoms with Crippen LogP contribution in [0.3, 0.4) is 0 Å². The van der Waals surface area contributed by atoms with Crippen LogP contribution in [0.1, 0.15) is 4.88 Å². The number of nitrogens with one attached hydrogen (secondary N) is 1. The van der Waals surface area contributed by atoms with E-state index in [1.165, 1.54) is 4.88 Å². The summed E-state index contributed by atoms with van der Waals surface area (Å²) in [4.78, 5) is 1.18. The zero-order chi connectivity index (χ0) is 11.5. The molecule has 2 rings (SSSR count). The standard InChI is InChI=1S/C11H12ClN3S/c12-11-4-2-8(16-11)6-15-7-1-3-9(13)10(14)5-7/h1-5,15H,6,13-14H2. The lowest BCUT2D eigenvalue weighted by molar-refractivity contribution is 1.19. The Morgan fingerprint density at radius 1 is 1.12 bits per heavy atom. The zero-order valence-corrected chi connectivity index (χ0v) is 10.1. The van der Waals surface area contributed by atoms with E-state index in [1.54, 1.807) is 17.4 Å². The van der Waals surface area contributed by atoms with E-state index in [0.29, 0.717) is 11.4 Å². The fourth-order valence-electron chi connectivity index (χ4n) is 1.32. The lowest BCUT2D eigenvalue weighted by Crippen LogP contribution is -2.00. The summed E-state index contributed by atoms with van der Waals surface area (Å²) in [5, 5.41) is 3.26. The largest absolute Gasteiger partial charge is 0.397 e. The van der Waals surface area contributed by atoms with Gasteiger partial charge in [-0.25, -0.2) is 0 Å². The van der Waals surface area contributed by atoms with Gasteiger partial charge in [-0.2, -0.15) is 0 Å². The average molecular weight is 254 g/mol. The number of nitrogen functional groups attached to an aromatic ring is 2. The van der Waals surface area contributed by atoms with E-state index >= 15 is 0 Å². The fourth-order valence-corrected chi connectivity index (χ4v) is 2.35. The van der Waals surface area contributed by atoms with Gasteiger partial charge in [0.15, 0.2) is 0 Å². The minimum Gasteiger partial charge on any atom is -0.397 e. The van der Waals surface area contributed by atoms with Gasteiger partial charge in [0.1, 0.15) is 0 Å². The highest BCUT2D eigenvalue weighted by atomic mass is 35.5. The first-order valence-corrected chi connectivity index (χ1v) is 5.97. The van der Waals surface area contributed by atoms with E-state index in [1.807, 2.05) is 24.3 Å². The monoisotopic (exact) mass is 253 g/mol. The molecule has 2 aromatic rings. The first kappa shape index (κ1) is 11.1. The Morgan fingerprint density at radius 3 is 2.56 bits per heavy atom. The maximum absolute atomic E-state index is 5.84. The van der Waals surface area contributed by atoms with Crippen molar-refractivity contribution in [3.63, 3.8) is 0 Å². The van der Waals surface area contributed by atoms with Crippen molar-refractivity contribution >= 4 is 40.0 Å². The number of hydrogen-bond acceptors (Lipinski definition) is 4. The van der Waals surface area contributed by atoms with Crippen LogP contribution in [0.25, 0.3) is 0 Å². The van der Waals surface area contributed by atoms with Gasteiger partial charge in [-0.05, 0) is 30.3 Å². The van der Waals surface area contributed by atoms with Crippen LogP contribution in [0.2, 0.25) is 4.34 Å². The van der Waals surface area contributed by atoms with E-state index in [0.717, 1.165) is 16.6 Å². The Labute approximate surface area is 103 Å². The predicted molar refractivity (Wildman–Crippen MR) is 71.9 cm³/mol. The van der Waals surface area contributed by atoms with E-state index in [-0.39, 0.29) is 0 Å². The van der Waals surface area contributed by atoms with Gasteiger partial charge in [0.25, 0.3) is 0 Å². The normalized spacial score (nSPS) is 10.3. The van der Waals surface area contributed by atoms with Crippen LogP contribution in [-0.2, 0) is 6.54 Å². The van der Waals surface area contributed by atoms with Crippen molar-refractivity contribution in [2.45, 2.75) is 6.54 Å². The smallest absolute Gasteiger partial charge is 0.0931 e. The Bertz CT molecular complexity index is 496. The molecule has 5 N–H and O–H groups in total. The Balaban J connectivity index is 2.02. The second-order valence-corrected chi connectivity index (χ2v) is 5.20. The maximum Gasteiger partial charge on any atom is 0.0931 e. The third-order valence-corrected chi connectivity index (χ3v) is 3.41. The van der Waals surface area contributed by atoms with Gasteiger partial charge in [-0.15, -0.1) is 11.3 Å². The summed E-state index contributed by atoms with van der Waals surface area (Å²) in [6.45, 7) is 0.737. The Hall–Kier alpha value is -1.39. The molecule has 0 amide bonds. The molecule has 0 unspecified atom stereocenters. The highest BCUT2D eigenvalue weighted by Gasteiger charge is 1.99. The van der Waals surface area contributed by atoms with E-state index in [9.17, 15) is 0 Å². The van der Waals surface area contributed by atoms with Gasteiger partial charge in [0.2, 0.25) is 0 Å². The number of hydrogen-bond donors (Lipinski definition) is 3. The molecule has 1 aromatic carbocycles. The molecule has 0 fully saturated rings. The molecule has 1 heterocycles. The third-order valence-electron chi connectivity index (χ3n) is 2.18. The van der Waals surface area contributed by atoms with Crippen molar-refractivity contribution < 1.29 is 0 Å². The molecule has 16 heavy (non-hydrogen) atoms. The van der Waals surface area contributed by atoms with Gasteiger partial charge >= 0.3 is 0 Å². The summed E-state index contributed by atoms with van der Waals surface area (Å²) >= 11 is 7.40. The lowest BCUT2D eigenvalue weighted by atomic mass is 10.2. The third kappa shape index (κ3) is 2.59. The number of nitrogens with two attached hydrogens (primary N) is 2. The topological polar surface area (TPSA) is 64.1 Å². The quantitative estimate of drug-likeness (QED) is 0.736. The van der Waals surface area contributed by atoms with Crippen LogP contribution in [0.4, 0.5) is 17.1 Å². The van der Waals surface area contributed by atoms with Gasteiger partial charge in [-0.3, -0.25) is 0 Å². The molecule has 0 bridgehead atoms. The summed E-state index contributed by atoms with van der Waals surface area (Å²) in [6, 6.07) is 9.41. The number of thiophene rings is 1. The van der Waals surface area contributed by atoms with Crippen LogP contribution < -0.4 is 16.8 Å². The molecule has 0 saturated heterocycles. The van der Waals surface area contributed by atoms with Gasteiger partial charge in [-0.1, -0.05) is 11.6 Å². The molecule has 0 saturated carbocycles. The fraction of sp³-hybridized carbons (Fsp3) is 0.0909. The van der Waals surface area contributed by atoms with Gasteiger partial charge in [0, 0.05) is 17.1 Å². The number of rotatable bonds is 3. The molecule has 0 atom stereocenters. The van der Waals surface area contributed by atoms with E-state index in [4.69, 9.17) is 23.1 Å². The lowest BCUT2D eigenvalue weighted by Gasteiger charge is -2.07. The summed E-state index contributed by atoms with van der Waals surface area (Å²) in [6.07, 6.45) is 0. The molecule has 84 valence electrons. The van der Waals surface area contributed by atoms with Crippen LogP contribution in [0.15, 0.2) is 30.3 Å². The van der Waals surface area contributed by atoms with Crippen molar-refractivity contribution in [3.8, 4) is 0 Å². The molecule has 0 aliphatic rings. The van der Waals surface area contributed by atoms with Crippen molar-refractivity contribution in [2.75, 3.05) is 16.8 Å². The highest BCUT2D eigenvalue weighted by molar-refractivity contribution is 7.16. The second-order valence-electron chi connectivity index (χ2n) is 3.40. The van der Waals surface area contributed by atoms with Gasteiger partial charge < -0.3 is 16.8 Å². The maximum atomic E-state index is 5.84. The Morgan fingerprint density at radius 2 is 1.94 bits per heavy atom. The minimum absolute atomic E-state index is 0.592. The summed E-state index contributed by atoms with van der Waals surface area (Å²) in [7, 11) is 0. The predicted octanol–water partition coefficient (Wildman–Crippen LogP) is 3.18. The first-order chi connectivity index (χ1) is 7.65. The molecule has 5 heteroatoms. The van der Waals surface area contributed by atoms with Crippen molar-refractivity contribution in [1.29, 1.82) is 0 Å². The Kier molecular flexibility index (Phi) is 3.22. The van der Waals surface area contributed by atoms with Crippen LogP contribution >= 0.6 is 22.9 Å². The van der Waals surface area contributed by atoms with Crippen LogP contribution in [0, 0.1) is 0 Å². The molecule has 0 aliphatic heterocycles. The highest BCUT2D eigenvalue weighted by Crippen LogP contribution is 2.24. The van der Waals surface area contributed by atoms with Gasteiger partial charge in [0.05, 0.1) is 15.7 Å². The summed E-state index contributed by atoms with van der Waals surface area (Å²) < 4.78 is 0.800. The molecule has 0 aliphatic carbocycles. The molecule has 0 radical (unpaired) electrons. The second kappa shape index (κ2) is 4.63. The van der Waals surface area contributed by atoms with Crippen molar-refractivity contribution in [1.82, 2.24) is 0 Å². The minimum atomic E-state index is 0.592. The molecule has 0 spiro atoms. The average Bonchev–Trinajstić information content (AvgIpc) is 2.66. The molecule has 3 nitrogen and oxygen atoms in total. The SMILES string of the molecule is Nc1ccc(NCc2ccc(Cl)s2)cc1N. The summed E-state index contributed by atoms with van der Waals surface area (Å²) in [5.74, 6) is 0. The molecule has 1 aromatic heterocycles. The van der Waals surface area contributed by atoms with E-state index < -0.39 is 0 Å². The number of benzene rings is 1. The first-order valence-electron chi connectivity index (χ1n) is 4.78.